The predicted molar refractivity (Wildman–Crippen MR) is 68.7 cm³/mol. The lowest BCUT2D eigenvalue weighted by Gasteiger charge is -2.38. The highest BCUT2D eigenvalue weighted by Crippen LogP contribution is 2.21. The maximum absolute atomic E-state index is 13.6. The van der Waals surface area contributed by atoms with E-state index in [2.05, 4.69) is 5.32 Å². The Hall–Kier alpha value is -1.62. The molecule has 0 spiro atoms. The molecule has 1 rings (SSSR count). The van der Waals surface area contributed by atoms with Crippen molar-refractivity contribution < 1.29 is 14.3 Å². The summed E-state index contributed by atoms with van der Waals surface area (Å²) in [5.41, 5.74) is 3.55. The fraction of sp³-hybridized carbons (Fsp3) is 0.462. The van der Waals surface area contributed by atoms with Gasteiger partial charge in [-0.2, -0.15) is 0 Å². The minimum atomic E-state index is -1.13. The first-order chi connectivity index (χ1) is 8.04. The standard InChI is InChI=1S/C13H19FN2O2/c1-12(2,13(3,4)18)16-11(17)9-6-5-8(15)7-10(9)14/h5-7,18H,15H2,1-4H3,(H,16,17). The van der Waals surface area contributed by atoms with Crippen molar-refractivity contribution in [2.45, 2.75) is 38.8 Å². The summed E-state index contributed by atoms with van der Waals surface area (Å²) in [5, 5.41) is 12.5. The first kappa shape index (κ1) is 14.4. The monoisotopic (exact) mass is 254 g/mol. The molecule has 0 aliphatic carbocycles. The van der Waals surface area contributed by atoms with Crippen LogP contribution in [-0.4, -0.2) is 22.2 Å². The maximum atomic E-state index is 13.6. The molecule has 0 atom stereocenters. The molecule has 1 aromatic rings. The van der Waals surface area contributed by atoms with Crippen LogP contribution < -0.4 is 11.1 Å². The number of aliphatic hydroxyl groups is 1. The Balaban J connectivity index is 2.96. The number of carbonyl (C=O) groups is 1. The smallest absolute Gasteiger partial charge is 0.254 e. The van der Waals surface area contributed by atoms with E-state index in [-0.39, 0.29) is 11.3 Å². The highest BCUT2D eigenvalue weighted by atomic mass is 19.1. The lowest BCUT2D eigenvalue weighted by atomic mass is 9.85. The summed E-state index contributed by atoms with van der Waals surface area (Å²) in [6.45, 7) is 6.49. The van der Waals surface area contributed by atoms with E-state index in [1.165, 1.54) is 12.1 Å². The van der Waals surface area contributed by atoms with E-state index in [1.807, 2.05) is 0 Å². The van der Waals surface area contributed by atoms with E-state index in [0.717, 1.165) is 6.07 Å². The van der Waals surface area contributed by atoms with Crippen LogP contribution in [0.25, 0.3) is 0 Å². The lowest BCUT2D eigenvalue weighted by molar-refractivity contribution is -0.00300. The molecule has 0 unspecified atom stereocenters. The number of anilines is 1. The Morgan fingerprint density at radius 1 is 1.33 bits per heavy atom. The molecule has 4 N–H and O–H groups in total. The quantitative estimate of drug-likeness (QED) is 0.718. The lowest BCUT2D eigenvalue weighted by Crippen LogP contribution is -2.57. The highest BCUT2D eigenvalue weighted by molar-refractivity contribution is 5.95. The summed E-state index contributed by atoms with van der Waals surface area (Å²) in [5.74, 6) is -1.27. The summed E-state index contributed by atoms with van der Waals surface area (Å²) >= 11 is 0. The van der Waals surface area contributed by atoms with Gasteiger partial charge >= 0.3 is 0 Å². The molecule has 4 nitrogen and oxygen atoms in total. The molecule has 0 bridgehead atoms. The molecule has 1 amide bonds. The van der Waals surface area contributed by atoms with Gasteiger partial charge in [0.1, 0.15) is 5.82 Å². The van der Waals surface area contributed by atoms with Crippen LogP contribution in [0.3, 0.4) is 0 Å². The van der Waals surface area contributed by atoms with Crippen LogP contribution >= 0.6 is 0 Å². The molecule has 0 aliphatic rings. The third kappa shape index (κ3) is 2.98. The largest absolute Gasteiger partial charge is 0.399 e. The molecule has 0 aromatic heterocycles. The minimum Gasteiger partial charge on any atom is -0.399 e. The number of rotatable bonds is 3. The van der Waals surface area contributed by atoms with Crippen molar-refractivity contribution in [3.63, 3.8) is 0 Å². The zero-order chi connectivity index (χ0) is 14.1. The van der Waals surface area contributed by atoms with Gasteiger partial charge in [-0.1, -0.05) is 0 Å². The minimum absolute atomic E-state index is 0.0958. The second-order valence-corrected chi connectivity index (χ2v) is 5.38. The number of carbonyl (C=O) groups excluding carboxylic acids is 1. The number of nitrogen functional groups attached to an aromatic ring is 1. The summed E-state index contributed by atoms with van der Waals surface area (Å²) in [4.78, 5) is 11.9. The van der Waals surface area contributed by atoms with Gasteiger partial charge in [0.15, 0.2) is 0 Å². The first-order valence-electron chi connectivity index (χ1n) is 5.64. The van der Waals surface area contributed by atoms with Crippen molar-refractivity contribution in [3.05, 3.63) is 29.6 Å². The van der Waals surface area contributed by atoms with E-state index in [9.17, 15) is 14.3 Å². The van der Waals surface area contributed by atoms with Gasteiger partial charge in [-0.15, -0.1) is 0 Å². The van der Waals surface area contributed by atoms with E-state index in [4.69, 9.17) is 5.73 Å². The molecule has 0 fully saturated rings. The normalized spacial score (nSPS) is 12.3. The van der Waals surface area contributed by atoms with E-state index >= 15 is 0 Å². The average molecular weight is 254 g/mol. The Bertz CT molecular complexity index is 465. The number of hydrogen-bond donors (Lipinski definition) is 3. The number of amides is 1. The highest BCUT2D eigenvalue weighted by Gasteiger charge is 2.36. The van der Waals surface area contributed by atoms with E-state index in [0.29, 0.717) is 0 Å². The van der Waals surface area contributed by atoms with Gasteiger partial charge in [0.05, 0.1) is 16.7 Å². The number of nitrogens with two attached hydrogens (primary N) is 1. The van der Waals surface area contributed by atoms with Gasteiger partial charge in [-0.25, -0.2) is 4.39 Å². The molecule has 0 aliphatic heterocycles. The Labute approximate surface area is 106 Å². The molecule has 5 heteroatoms. The number of benzene rings is 1. The topological polar surface area (TPSA) is 75.3 Å². The van der Waals surface area contributed by atoms with Crippen LogP contribution in [0.5, 0.6) is 0 Å². The van der Waals surface area contributed by atoms with Gasteiger partial charge in [0.2, 0.25) is 0 Å². The number of halogens is 1. The number of hydrogen-bond acceptors (Lipinski definition) is 3. The molecular weight excluding hydrogens is 235 g/mol. The van der Waals surface area contributed by atoms with Crippen molar-refractivity contribution in [1.29, 1.82) is 0 Å². The van der Waals surface area contributed by atoms with Gasteiger partial charge in [-0.3, -0.25) is 4.79 Å². The predicted octanol–water partition coefficient (Wildman–Crippen LogP) is 1.69. The Kier molecular flexibility index (Phi) is 3.67. The van der Waals surface area contributed by atoms with E-state index in [1.54, 1.807) is 27.7 Å². The third-order valence-corrected chi connectivity index (χ3v) is 3.19. The Morgan fingerprint density at radius 2 is 1.89 bits per heavy atom. The maximum Gasteiger partial charge on any atom is 0.254 e. The van der Waals surface area contributed by atoms with Crippen LogP contribution in [0.1, 0.15) is 38.1 Å². The van der Waals surface area contributed by atoms with Gasteiger partial charge in [0, 0.05) is 5.69 Å². The molecule has 0 heterocycles. The molecular formula is C13H19FN2O2. The summed E-state index contributed by atoms with van der Waals surface area (Å²) < 4.78 is 13.6. The van der Waals surface area contributed by atoms with Crippen LogP contribution in [-0.2, 0) is 0 Å². The Morgan fingerprint density at radius 3 is 2.33 bits per heavy atom. The van der Waals surface area contributed by atoms with Gasteiger partial charge < -0.3 is 16.2 Å². The van der Waals surface area contributed by atoms with Crippen LogP contribution in [0, 0.1) is 5.82 Å². The SMILES string of the molecule is CC(C)(O)C(C)(C)NC(=O)c1ccc(N)cc1F. The van der Waals surface area contributed by atoms with Gasteiger partial charge in [0.25, 0.3) is 5.91 Å². The van der Waals surface area contributed by atoms with Crippen molar-refractivity contribution in [2.24, 2.45) is 0 Å². The van der Waals surface area contributed by atoms with Crippen LogP contribution in [0.2, 0.25) is 0 Å². The first-order valence-corrected chi connectivity index (χ1v) is 5.64. The fourth-order valence-corrected chi connectivity index (χ4v) is 1.22. The molecule has 100 valence electrons. The van der Waals surface area contributed by atoms with E-state index < -0.39 is 22.9 Å². The molecule has 1 aromatic carbocycles. The summed E-state index contributed by atoms with van der Waals surface area (Å²) in [7, 11) is 0. The molecule has 0 saturated heterocycles. The summed E-state index contributed by atoms with van der Waals surface area (Å²) in [6, 6.07) is 3.86. The van der Waals surface area contributed by atoms with Gasteiger partial charge in [-0.05, 0) is 45.9 Å². The molecule has 18 heavy (non-hydrogen) atoms. The summed E-state index contributed by atoms with van der Waals surface area (Å²) in [6.07, 6.45) is 0. The molecule has 0 radical (unpaired) electrons. The second kappa shape index (κ2) is 4.57. The fourth-order valence-electron chi connectivity index (χ4n) is 1.22. The van der Waals surface area contributed by atoms with Crippen molar-refractivity contribution in [1.82, 2.24) is 5.32 Å². The van der Waals surface area contributed by atoms with Crippen LogP contribution in [0.15, 0.2) is 18.2 Å². The van der Waals surface area contributed by atoms with Crippen LogP contribution in [0.4, 0.5) is 10.1 Å². The third-order valence-electron chi connectivity index (χ3n) is 3.19. The number of nitrogens with one attached hydrogen (secondary N) is 1. The van der Waals surface area contributed by atoms with Crippen molar-refractivity contribution in [3.8, 4) is 0 Å². The van der Waals surface area contributed by atoms with Crippen molar-refractivity contribution in [2.75, 3.05) is 5.73 Å². The van der Waals surface area contributed by atoms with Crippen molar-refractivity contribution >= 4 is 11.6 Å². The zero-order valence-corrected chi connectivity index (χ0v) is 11.0. The second-order valence-electron chi connectivity index (χ2n) is 5.38. The average Bonchev–Trinajstić information content (AvgIpc) is 2.14. The zero-order valence-electron chi connectivity index (χ0n) is 11.0. The molecule has 0 saturated carbocycles.